The maximum atomic E-state index is 10.7. The van der Waals surface area contributed by atoms with Gasteiger partial charge in [0.1, 0.15) is 0 Å². The maximum absolute atomic E-state index is 10.7. The number of esters is 1. The minimum absolute atomic E-state index is 0.0648. The fourth-order valence-electron chi connectivity index (χ4n) is 0.380. The topological polar surface area (TPSA) is 67.2 Å². The van der Waals surface area contributed by atoms with Crippen LogP contribution < -0.4 is 0 Å². The molecule has 0 radical (unpaired) electrons. The SMILES string of the molecule is COC(=O)CCS(C)(=N)=O. The van der Waals surface area contributed by atoms with E-state index in [2.05, 4.69) is 4.74 Å². The zero-order valence-corrected chi connectivity index (χ0v) is 6.86. The van der Waals surface area contributed by atoms with Crippen LogP contribution in [0.4, 0.5) is 0 Å². The number of ether oxygens (including phenoxy) is 1. The van der Waals surface area contributed by atoms with E-state index in [4.69, 9.17) is 4.78 Å². The molecule has 1 N–H and O–H groups in total. The van der Waals surface area contributed by atoms with Crippen LogP contribution in [0.15, 0.2) is 0 Å². The summed E-state index contributed by atoms with van der Waals surface area (Å²) in [4.78, 5) is 10.4. The minimum Gasteiger partial charge on any atom is -0.469 e. The second kappa shape index (κ2) is 3.55. The Labute approximate surface area is 60.5 Å². The predicted molar refractivity (Wildman–Crippen MR) is 38.3 cm³/mol. The molecule has 0 saturated carbocycles. The van der Waals surface area contributed by atoms with Crippen molar-refractivity contribution in [1.29, 1.82) is 4.78 Å². The zero-order chi connectivity index (χ0) is 8.20. The Hall–Kier alpha value is -0.580. The highest BCUT2D eigenvalue weighted by Gasteiger charge is 2.03. The van der Waals surface area contributed by atoms with Gasteiger partial charge in [-0.1, -0.05) is 0 Å². The number of hydrogen-bond donors (Lipinski definition) is 1. The van der Waals surface area contributed by atoms with Crippen molar-refractivity contribution in [3.05, 3.63) is 0 Å². The van der Waals surface area contributed by atoms with E-state index in [0.717, 1.165) is 0 Å². The average molecular weight is 165 g/mol. The summed E-state index contributed by atoms with van der Waals surface area (Å²) in [7, 11) is -1.26. The van der Waals surface area contributed by atoms with Crippen molar-refractivity contribution in [1.82, 2.24) is 0 Å². The van der Waals surface area contributed by atoms with E-state index in [1.54, 1.807) is 0 Å². The molecule has 0 aromatic carbocycles. The molecule has 10 heavy (non-hydrogen) atoms. The summed E-state index contributed by atoms with van der Waals surface area (Å²) in [5.41, 5.74) is 0. The largest absolute Gasteiger partial charge is 0.469 e. The molecule has 4 nitrogen and oxygen atoms in total. The average Bonchev–Trinajstić information content (AvgIpc) is 1.81. The first-order valence-corrected chi connectivity index (χ1v) is 4.87. The number of rotatable bonds is 3. The van der Waals surface area contributed by atoms with Crippen LogP contribution in [0.2, 0.25) is 0 Å². The molecule has 0 rings (SSSR count). The second-order valence-corrected chi connectivity index (χ2v) is 4.45. The van der Waals surface area contributed by atoms with Gasteiger partial charge in [0.25, 0.3) is 0 Å². The van der Waals surface area contributed by atoms with Gasteiger partial charge in [0.05, 0.1) is 13.5 Å². The van der Waals surface area contributed by atoms with Crippen molar-refractivity contribution in [2.24, 2.45) is 0 Å². The van der Waals surface area contributed by atoms with Gasteiger partial charge in [-0.2, -0.15) is 0 Å². The molecular weight excluding hydrogens is 154 g/mol. The van der Waals surface area contributed by atoms with Crippen molar-refractivity contribution < 1.29 is 13.7 Å². The van der Waals surface area contributed by atoms with E-state index in [9.17, 15) is 9.00 Å². The van der Waals surface area contributed by atoms with E-state index in [1.807, 2.05) is 0 Å². The van der Waals surface area contributed by atoms with E-state index in [-0.39, 0.29) is 12.2 Å². The number of hydrogen-bond acceptors (Lipinski definition) is 4. The molecule has 1 unspecified atom stereocenters. The van der Waals surface area contributed by atoms with Gasteiger partial charge >= 0.3 is 5.97 Å². The molecule has 0 amide bonds. The van der Waals surface area contributed by atoms with E-state index in [1.165, 1.54) is 13.4 Å². The highest BCUT2D eigenvalue weighted by molar-refractivity contribution is 7.91. The van der Waals surface area contributed by atoms with Crippen LogP contribution in [0, 0.1) is 4.78 Å². The molecule has 0 aromatic rings. The van der Waals surface area contributed by atoms with Gasteiger partial charge < -0.3 is 4.74 Å². The zero-order valence-electron chi connectivity index (χ0n) is 6.05. The van der Waals surface area contributed by atoms with Crippen molar-refractivity contribution in [3.63, 3.8) is 0 Å². The van der Waals surface area contributed by atoms with Crippen LogP contribution in [-0.4, -0.2) is 29.3 Å². The van der Waals surface area contributed by atoms with Crippen molar-refractivity contribution in [2.75, 3.05) is 19.1 Å². The fraction of sp³-hybridized carbons (Fsp3) is 0.800. The third kappa shape index (κ3) is 5.55. The summed E-state index contributed by atoms with van der Waals surface area (Å²) >= 11 is 0. The van der Waals surface area contributed by atoms with Crippen LogP contribution in [0.1, 0.15) is 6.42 Å². The smallest absolute Gasteiger partial charge is 0.306 e. The van der Waals surface area contributed by atoms with Crippen LogP contribution in [-0.2, 0) is 19.3 Å². The second-order valence-electron chi connectivity index (χ2n) is 2.04. The molecule has 0 bridgehead atoms. The van der Waals surface area contributed by atoms with E-state index >= 15 is 0 Å². The lowest BCUT2D eigenvalue weighted by Crippen LogP contribution is -2.08. The molecule has 0 fully saturated rings. The Morgan fingerprint density at radius 3 is 2.50 bits per heavy atom. The van der Waals surface area contributed by atoms with Gasteiger partial charge in [0.2, 0.25) is 0 Å². The Morgan fingerprint density at radius 1 is 1.70 bits per heavy atom. The number of nitrogens with one attached hydrogen (secondary N) is 1. The molecule has 0 aromatic heterocycles. The van der Waals surface area contributed by atoms with Crippen molar-refractivity contribution in [2.45, 2.75) is 6.42 Å². The molecule has 0 aliphatic heterocycles. The van der Waals surface area contributed by atoms with Gasteiger partial charge in [-0.15, -0.1) is 0 Å². The summed E-state index contributed by atoms with van der Waals surface area (Å²) in [6, 6.07) is 0. The first-order valence-electron chi connectivity index (χ1n) is 2.74. The first-order chi connectivity index (χ1) is 4.45. The van der Waals surface area contributed by atoms with Crippen LogP contribution in [0.5, 0.6) is 0 Å². The van der Waals surface area contributed by atoms with Gasteiger partial charge in [-0.05, 0) is 0 Å². The molecule has 0 heterocycles. The van der Waals surface area contributed by atoms with Gasteiger partial charge in [-0.25, -0.2) is 0 Å². The third-order valence-corrected chi connectivity index (χ3v) is 1.91. The molecule has 60 valence electrons. The lowest BCUT2D eigenvalue weighted by molar-refractivity contribution is -0.140. The summed E-state index contributed by atoms with van der Waals surface area (Å²) in [5, 5.41) is 0. The molecular formula is C5H11NO3S. The fourth-order valence-corrected chi connectivity index (χ4v) is 0.936. The van der Waals surface area contributed by atoms with Gasteiger partial charge in [0.15, 0.2) is 0 Å². The molecule has 1 atom stereocenters. The third-order valence-electron chi connectivity index (χ3n) is 0.923. The highest BCUT2D eigenvalue weighted by atomic mass is 32.2. The summed E-state index contributed by atoms with van der Waals surface area (Å²) in [5.74, 6) is -0.332. The normalized spacial score (nSPS) is 15.8. The maximum Gasteiger partial charge on any atom is 0.306 e. The Morgan fingerprint density at radius 2 is 2.20 bits per heavy atom. The monoisotopic (exact) mass is 165 g/mol. The molecule has 0 spiro atoms. The predicted octanol–water partition coefficient (Wildman–Crippen LogP) is 0.226. The Bertz CT molecular complexity index is 207. The van der Waals surface area contributed by atoms with Gasteiger partial charge in [0, 0.05) is 21.7 Å². The number of carbonyl (C=O) groups is 1. The Kier molecular flexibility index (Phi) is 3.35. The molecule has 0 aliphatic rings. The molecule has 0 saturated heterocycles. The summed E-state index contributed by atoms with van der Waals surface area (Å²) in [6.07, 6.45) is 1.37. The standard InChI is InChI=1S/C5H11NO3S/c1-9-5(7)3-4-10(2,6)8/h6H,3-4H2,1-2H3. The van der Waals surface area contributed by atoms with Crippen LogP contribution >= 0.6 is 0 Å². The van der Waals surface area contributed by atoms with Crippen molar-refractivity contribution >= 4 is 15.7 Å². The van der Waals surface area contributed by atoms with Gasteiger partial charge in [-0.3, -0.25) is 13.8 Å². The summed E-state index contributed by atoms with van der Waals surface area (Å²) < 4.78 is 21.9. The number of methoxy groups -OCH3 is 1. The van der Waals surface area contributed by atoms with E-state index < -0.39 is 15.7 Å². The molecule has 5 heteroatoms. The van der Waals surface area contributed by atoms with E-state index in [0.29, 0.717) is 0 Å². The van der Waals surface area contributed by atoms with Crippen LogP contribution in [0.3, 0.4) is 0 Å². The lowest BCUT2D eigenvalue weighted by atomic mass is 10.5. The quantitative estimate of drug-likeness (QED) is 0.608. The Balaban J connectivity index is 3.67. The highest BCUT2D eigenvalue weighted by Crippen LogP contribution is 1.91. The number of carbonyl (C=O) groups excluding carboxylic acids is 1. The minimum atomic E-state index is -2.53. The molecule has 0 aliphatic carbocycles. The first kappa shape index (κ1) is 9.42. The summed E-state index contributed by atoms with van der Waals surface area (Å²) in [6.45, 7) is 0. The lowest BCUT2D eigenvalue weighted by Gasteiger charge is -1.98. The van der Waals surface area contributed by atoms with Crippen LogP contribution in [0.25, 0.3) is 0 Å². The van der Waals surface area contributed by atoms with Crippen molar-refractivity contribution in [3.8, 4) is 0 Å².